The summed E-state index contributed by atoms with van der Waals surface area (Å²) in [5, 5.41) is 234. The van der Waals surface area contributed by atoms with Crippen LogP contribution in [0.2, 0.25) is 0 Å². The average Bonchev–Trinajstić information content (AvgIpc) is 0.784. The number of carboxylic acid groups (broad SMARTS) is 3. The minimum atomic E-state index is -2.87. The zero-order chi connectivity index (χ0) is 67.2. The molecule has 0 spiro atoms. The molecular formula is C48H77N3O39. The molecule has 90 heavy (non-hydrogen) atoms. The highest BCUT2D eigenvalue weighted by molar-refractivity contribution is 5.75. The highest BCUT2D eigenvalue weighted by Crippen LogP contribution is 2.39. The van der Waals surface area contributed by atoms with Crippen LogP contribution in [0.4, 0.5) is 0 Å². The number of hydrogen-bond acceptors (Lipinski definition) is 36. The molecule has 0 bridgehead atoms. The van der Waals surface area contributed by atoms with Crippen LogP contribution in [0.1, 0.15) is 20.8 Å². The van der Waals surface area contributed by atoms with E-state index in [9.17, 15) is 136 Å². The highest BCUT2D eigenvalue weighted by atomic mass is 16.8. The van der Waals surface area contributed by atoms with Crippen LogP contribution in [0.5, 0.6) is 0 Å². The molecule has 6 rings (SSSR count). The van der Waals surface area contributed by atoms with Gasteiger partial charge in [-0.2, -0.15) is 0 Å². The van der Waals surface area contributed by atoms with Gasteiger partial charge in [0, 0.05) is 20.8 Å². The number of carbonyl (C=O) groups excluding carboxylic acids is 3. The van der Waals surface area contributed by atoms with Gasteiger partial charge in [0.25, 0.3) is 0 Å². The second-order valence-corrected chi connectivity index (χ2v) is 21.6. The standard InChI is InChI=1S/C48H77N3O39/c1-9(57)49-17-25(66)22(63)14(6-54)79-43(17)83-32-28(69)29(70)46(88-37(32)40(73)74)86-36-31(72)34(85-45-19(51-11(3)59)27(68)24(65)16(8-56)81-45)39(42(77)78)90-48(36)87-35-30(71)33(84-44-18(50-10(2)58)26(67)23(64)15(7-55)80-44)38(41(75)76)89-47(35)82-13(5-53)21(62)20(61)12(60)4-52/h12-39,43-48,52-56,60-72H,4-8H2,1-3H3,(H,49,57)(H,50,58)(H,51,59)(H,73,74)(H,75,76)(H,77,78)/t12-,13+,14-,15-,16-,17-,18-,19-,20+,21-,22-,23-,24-,25-,26-,27-,28-,29-,30+,31+,32+,33+,34+,35-,36-,37+,38+,39+,43-,44-,45-,46+,47+,48+/m1/s1. The maximum Gasteiger partial charge on any atom is 0.335 e. The molecule has 0 aromatic rings. The molecule has 34 atom stereocenters. The van der Waals surface area contributed by atoms with Crippen molar-refractivity contribution in [2.24, 2.45) is 0 Å². The molecule has 6 aliphatic rings. The fourth-order valence-electron chi connectivity index (χ4n) is 10.7. The van der Waals surface area contributed by atoms with Crippen molar-refractivity contribution >= 4 is 35.6 Å². The number of aliphatic carboxylic acids is 3. The maximum absolute atomic E-state index is 13.4. The van der Waals surface area contributed by atoms with E-state index in [-0.39, 0.29) is 0 Å². The van der Waals surface area contributed by atoms with Crippen LogP contribution in [-0.4, -0.2) is 384 Å². The lowest BCUT2D eigenvalue weighted by Crippen LogP contribution is -2.71. The minimum Gasteiger partial charge on any atom is -0.479 e. The van der Waals surface area contributed by atoms with Gasteiger partial charge in [-0.1, -0.05) is 0 Å². The molecular weight excluding hydrogens is 1240 g/mol. The van der Waals surface area contributed by atoms with E-state index in [1.807, 2.05) is 0 Å². The van der Waals surface area contributed by atoms with Gasteiger partial charge in [0.1, 0.15) is 152 Å². The topological polar surface area (TPSA) is 674 Å². The predicted molar refractivity (Wildman–Crippen MR) is 270 cm³/mol. The number of hydrogen-bond donors (Lipinski definition) is 24. The molecule has 0 saturated carbocycles. The Balaban J connectivity index is 1.48. The van der Waals surface area contributed by atoms with Crippen LogP contribution in [0.25, 0.3) is 0 Å². The van der Waals surface area contributed by atoms with E-state index in [4.69, 9.17) is 56.8 Å². The monoisotopic (exact) mass is 1320 g/mol. The summed E-state index contributed by atoms with van der Waals surface area (Å²) in [4.78, 5) is 76.6. The van der Waals surface area contributed by atoms with E-state index in [0.717, 1.165) is 20.8 Å². The number of aliphatic hydroxyl groups is 18. The van der Waals surface area contributed by atoms with Crippen molar-refractivity contribution in [1.82, 2.24) is 16.0 Å². The normalized spacial score (nSPS) is 43.8. The molecule has 6 saturated heterocycles. The molecule has 518 valence electrons. The first-order valence-corrected chi connectivity index (χ1v) is 27.5. The number of amides is 3. The van der Waals surface area contributed by atoms with Crippen molar-refractivity contribution in [1.29, 1.82) is 0 Å². The fraction of sp³-hybridized carbons (Fsp3) is 0.875. The number of ether oxygens (including phenoxy) is 12. The molecule has 0 radical (unpaired) electrons. The van der Waals surface area contributed by atoms with Crippen LogP contribution in [-0.2, 0) is 85.6 Å². The Kier molecular flexibility index (Phi) is 26.7. The molecule has 42 heteroatoms. The molecule has 0 aromatic heterocycles. The Bertz CT molecular complexity index is 2390. The highest BCUT2D eigenvalue weighted by Gasteiger charge is 2.62. The van der Waals surface area contributed by atoms with Crippen LogP contribution >= 0.6 is 0 Å². The van der Waals surface area contributed by atoms with Crippen molar-refractivity contribution < 1.29 is 193 Å². The first-order valence-electron chi connectivity index (χ1n) is 27.5. The third kappa shape index (κ3) is 16.6. The summed E-state index contributed by atoms with van der Waals surface area (Å²) < 4.78 is 68.5. The molecule has 0 aromatic carbocycles. The smallest absolute Gasteiger partial charge is 0.335 e. The van der Waals surface area contributed by atoms with Crippen molar-refractivity contribution in [2.45, 2.75) is 229 Å². The van der Waals surface area contributed by atoms with Crippen molar-refractivity contribution in [3.05, 3.63) is 0 Å². The lowest BCUT2D eigenvalue weighted by atomic mass is 9.94. The van der Waals surface area contributed by atoms with E-state index >= 15 is 0 Å². The Hall–Kier alpha value is -4.38. The third-order valence-corrected chi connectivity index (χ3v) is 15.3. The first-order chi connectivity index (χ1) is 42.3. The summed E-state index contributed by atoms with van der Waals surface area (Å²) in [5.74, 6) is -9.22. The van der Waals surface area contributed by atoms with Crippen molar-refractivity contribution in [2.75, 3.05) is 33.0 Å². The molecule has 6 aliphatic heterocycles. The fourth-order valence-corrected chi connectivity index (χ4v) is 10.7. The van der Waals surface area contributed by atoms with E-state index in [2.05, 4.69) is 16.0 Å². The lowest BCUT2D eigenvalue weighted by molar-refractivity contribution is -0.407. The number of nitrogens with one attached hydrogen (secondary N) is 3. The lowest BCUT2D eigenvalue weighted by Gasteiger charge is -2.51. The number of carboxylic acids is 3. The van der Waals surface area contributed by atoms with Crippen LogP contribution in [0.15, 0.2) is 0 Å². The second-order valence-electron chi connectivity index (χ2n) is 21.6. The molecule has 0 aliphatic carbocycles. The Morgan fingerprint density at radius 3 is 1.00 bits per heavy atom. The number of carbonyl (C=O) groups is 6. The summed E-state index contributed by atoms with van der Waals surface area (Å²) in [6.07, 6.45) is -74.2. The molecule has 6 fully saturated rings. The minimum absolute atomic E-state index is 0.896. The summed E-state index contributed by atoms with van der Waals surface area (Å²) in [6.45, 7) is -3.22. The maximum atomic E-state index is 13.4. The number of aliphatic hydroxyl groups excluding tert-OH is 18. The SMILES string of the molecule is CC(=O)N[C@H]1[C@@H](O[C@H]2[C@H](O)[C@@H](O)[C@@H](O[C@H]3[C@@H](O[C@H]4[C@@H](O[C@@H](CO)[C@@H](O)[C@@H](O)[C@H](O)CO)O[C@H](C(=O)O)[C@@H](O[C@H]5O[C@H](CO)[C@@H](O)[C@H](O)[C@H]5NC(C)=O)[C@@H]4O)O[C@H](C(=O)O)[C@@H](O[C@H]4O[C@H](CO)[C@@H](O)[C@H](O)[C@H]4NC(C)=O)[C@@H]3O)O[C@@H]2C(=O)O)O[C@H](CO)[C@@H](O)[C@@H]1O. The largest absolute Gasteiger partial charge is 0.479 e. The van der Waals surface area contributed by atoms with Gasteiger partial charge in [-0.05, 0) is 0 Å². The summed E-state index contributed by atoms with van der Waals surface area (Å²) in [5.41, 5.74) is 0. The van der Waals surface area contributed by atoms with Crippen LogP contribution in [0.3, 0.4) is 0 Å². The van der Waals surface area contributed by atoms with Gasteiger partial charge in [-0.25, -0.2) is 14.4 Å². The van der Waals surface area contributed by atoms with Gasteiger partial charge in [0.2, 0.25) is 17.7 Å². The van der Waals surface area contributed by atoms with Crippen molar-refractivity contribution in [3.63, 3.8) is 0 Å². The second kappa shape index (κ2) is 32.2. The molecule has 3 amide bonds. The first kappa shape index (κ1) is 74.7. The van der Waals surface area contributed by atoms with Gasteiger partial charge >= 0.3 is 17.9 Å². The molecule has 0 unspecified atom stereocenters. The average molecular weight is 1320 g/mol. The summed E-state index contributed by atoms with van der Waals surface area (Å²) in [7, 11) is 0. The molecule has 42 nitrogen and oxygen atoms in total. The van der Waals surface area contributed by atoms with E-state index in [1.165, 1.54) is 0 Å². The van der Waals surface area contributed by atoms with Gasteiger partial charge in [0.05, 0.1) is 33.0 Å². The van der Waals surface area contributed by atoms with Gasteiger partial charge < -0.3 is 180 Å². The zero-order valence-electron chi connectivity index (χ0n) is 47.4. The predicted octanol–water partition coefficient (Wildman–Crippen LogP) is -15.9. The van der Waals surface area contributed by atoms with Crippen LogP contribution in [0, 0.1) is 0 Å². The Morgan fingerprint density at radius 2 is 0.678 bits per heavy atom. The van der Waals surface area contributed by atoms with Gasteiger partial charge in [0.15, 0.2) is 56.1 Å². The summed E-state index contributed by atoms with van der Waals surface area (Å²) >= 11 is 0. The third-order valence-electron chi connectivity index (χ3n) is 15.3. The van der Waals surface area contributed by atoms with Crippen LogP contribution < -0.4 is 16.0 Å². The Morgan fingerprint density at radius 1 is 0.367 bits per heavy atom. The van der Waals surface area contributed by atoms with Gasteiger partial charge in [-0.15, -0.1) is 0 Å². The molecule has 6 heterocycles. The molecule has 24 N–H and O–H groups in total. The van der Waals surface area contributed by atoms with E-state index < -0.39 is 277 Å². The Labute approximate surface area is 506 Å². The zero-order valence-corrected chi connectivity index (χ0v) is 47.4. The van der Waals surface area contributed by atoms with Gasteiger partial charge in [-0.3, -0.25) is 14.4 Å². The van der Waals surface area contributed by atoms with E-state index in [1.54, 1.807) is 0 Å². The van der Waals surface area contributed by atoms with E-state index in [0.29, 0.717) is 0 Å². The quantitative estimate of drug-likeness (QED) is 0.0382. The summed E-state index contributed by atoms with van der Waals surface area (Å²) in [6, 6.07) is -5.69. The number of rotatable bonds is 26. The van der Waals surface area contributed by atoms with Crippen molar-refractivity contribution in [3.8, 4) is 0 Å².